The van der Waals surface area contributed by atoms with Crippen LogP contribution in [-0.4, -0.2) is 24.6 Å². The molecule has 1 aromatic heterocycles. The molecule has 0 unspecified atom stereocenters. The monoisotopic (exact) mass is 264 g/mol. The van der Waals surface area contributed by atoms with Gasteiger partial charge < -0.3 is 0 Å². The van der Waals surface area contributed by atoms with Gasteiger partial charge in [-0.1, -0.05) is 0 Å². The maximum Gasteiger partial charge on any atom is 0.247 e. The van der Waals surface area contributed by atoms with Gasteiger partial charge in [0.25, 0.3) is 0 Å². The third-order valence-electron chi connectivity index (χ3n) is 1.49. The summed E-state index contributed by atoms with van der Waals surface area (Å²) in [6, 6.07) is 0. The second kappa shape index (κ2) is 3.34. The molecular formula is C7H9BrN2O2S. The Morgan fingerprint density at radius 2 is 1.54 bits per heavy atom. The minimum absolute atomic E-state index is 0.120. The lowest BCUT2D eigenvalue weighted by Gasteiger charge is -2.03. The standard InChI is InChI=1S/C7H9BrN2O2S/c1-4-6(8)5(2)10-7(9-4)13(3,11)12/h1-3H3. The lowest BCUT2D eigenvalue weighted by Crippen LogP contribution is -2.07. The van der Waals surface area contributed by atoms with E-state index in [1.807, 2.05) is 0 Å². The van der Waals surface area contributed by atoms with Crippen molar-refractivity contribution in [3.05, 3.63) is 15.9 Å². The lowest BCUT2D eigenvalue weighted by atomic mass is 10.4. The van der Waals surface area contributed by atoms with Gasteiger partial charge in [-0.2, -0.15) is 0 Å². The first kappa shape index (κ1) is 10.6. The predicted octanol–water partition coefficient (Wildman–Crippen LogP) is 1.26. The Labute approximate surface area is 85.5 Å². The molecule has 0 saturated heterocycles. The van der Waals surface area contributed by atoms with Crippen LogP contribution in [-0.2, 0) is 9.84 Å². The van der Waals surface area contributed by atoms with Crippen molar-refractivity contribution in [1.82, 2.24) is 9.97 Å². The Balaban J connectivity index is 3.47. The normalized spacial score (nSPS) is 11.7. The van der Waals surface area contributed by atoms with Gasteiger partial charge in [-0.15, -0.1) is 0 Å². The maximum absolute atomic E-state index is 11.1. The zero-order valence-electron chi connectivity index (χ0n) is 7.50. The van der Waals surface area contributed by atoms with Gasteiger partial charge in [0, 0.05) is 6.26 Å². The quantitative estimate of drug-likeness (QED) is 0.717. The van der Waals surface area contributed by atoms with Crippen LogP contribution in [0.15, 0.2) is 9.63 Å². The molecule has 1 aromatic rings. The molecule has 0 aliphatic carbocycles. The van der Waals surface area contributed by atoms with E-state index in [9.17, 15) is 8.42 Å². The first-order valence-electron chi connectivity index (χ1n) is 3.53. The number of rotatable bonds is 1. The summed E-state index contributed by atoms with van der Waals surface area (Å²) >= 11 is 3.26. The molecule has 1 heterocycles. The van der Waals surface area contributed by atoms with E-state index in [1.165, 1.54) is 0 Å². The van der Waals surface area contributed by atoms with Crippen LogP contribution in [0, 0.1) is 13.8 Å². The molecule has 0 aliphatic rings. The van der Waals surface area contributed by atoms with Gasteiger partial charge in [0.15, 0.2) is 0 Å². The molecule has 0 radical (unpaired) electrons. The molecular weight excluding hydrogens is 256 g/mol. The van der Waals surface area contributed by atoms with Crippen LogP contribution in [0.1, 0.15) is 11.4 Å². The van der Waals surface area contributed by atoms with Crippen molar-refractivity contribution in [3.63, 3.8) is 0 Å². The SMILES string of the molecule is Cc1nc(S(C)(=O)=O)nc(C)c1Br. The smallest absolute Gasteiger partial charge is 0.222 e. The third kappa shape index (κ3) is 2.25. The van der Waals surface area contributed by atoms with E-state index in [-0.39, 0.29) is 5.16 Å². The summed E-state index contributed by atoms with van der Waals surface area (Å²) in [4.78, 5) is 7.72. The molecule has 72 valence electrons. The van der Waals surface area contributed by atoms with E-state index < -0.39 is 9.84 Å². The molecule has 0 fully saturated rings. The Hall–Kier alpha value is -0.490. The van der Waals surface area contributed by atoms with Gasteiger partial charge in [0.1, 0.15) is 0 Å². The van der Waals surface area contributed by atoms with Crippen LogP contribution in [0.3, 0.4) is 0 Å². The highest BCUT2D eigenvalue weighted by atomic mass is 79.9. The van der Waals surface area contributed by atoms with Crippen LogP contribution >= 0.6 is 15.9 Å². The molecule has 0 atom stereocenters. The van der Waals surface area contributed by atoms with E-state index in [0.717, 1.165) is 10.7 Å². The van der Waals surface area contributed by atoms with Crippen molar-refractivity contribution in [2.45, 2.75) is 19.0 Å². The zero-order chi connectivity index (χ0) is 10.2. The molecule has 13 heavy (non-hydrogen) atoms. The minimum atomic E-state index is -3.31. The predicted molar refractivity (Wildman–Crippen MR) is 52.3 cm³/mol. The van der Waals surface area contributed by atoms with Crippen molar-refractivity contribution < 1.29 is 8.42 Å². The molecule has 4 nitrogen and oxygen atoms in total. The average molecular weight is 265 g/mol. The summed E-state index contributed by atoms with van der Waals surface area (Å²) in [6.07, 6.45) is 1.09. The number of nitrogens with zero attached hydrogens (tertiary/aromatic N) is 2. The van der Waals surface area contributed by atoms with E-state index in [4.69, 9.17) is 0 Å². The molecule has 0 saturated carbocycles. The molecule has 6 heteroatoms. The maximum atomic E-state index is 11.1. The lowest BCUT2D eigenvalue weighted by molar-refractivity contribution is 0.591. The van der Waals surface area contributed by atoms with Crippen molar-refractivity contribution in [2.75, 3.05) is 6.26 Å². The fourth-order valence-corrected chi connectivity index (χ4v) is 1.62. The molecule has 0 N–H and O–H groups in total. The molecule has 0 aliphatic heterocycles. The number of hydrogen-bond donors (Lipinski definition) is 0. The number of hydrogen-bond acceptors (Lipinski definition) is 4. The number of aromatic nitrogens is 2. The van der Waals surface area contributed by atoms with E-state index in [1.54, 1.807) is 13.8 Å². The van der Waals surface area contributed by atoms with Crippen LogP contribution in [0.4, 0.5) is 0 Å². The zero-order valence-corrected chi connectivity index (χ0v) is 9.90. The van der Waals surface area contributed by atoms with E-state index >= 15 is 0 Å². The second-order valence-electron chi connectivity index (χ2n) is 2.76. The van der Waals surface area contributed by atoms with E-state index in [2.05, 4.69) is 25.9 Å². The van der Waals surface area contributed by atoms with Crippen molar-refractivity contribution >= 4 is 25.8 Å². The summed E-state index contributed by atoms with van der Waals surface area (Å²) in [5.41, 5.74) is 1.26. The van der Waals surface area contributed by atoms with Gasteiger partial charge in [-0.05, 0) is 29.8 Å². The summed E-state index contributed by atoms with van der Waals surface area (Å²) in [7, 11) is -3.31. The fourth-order valence-electron chi connectivity index (χ4n) is 0.838. The largest absolute Gasteiger partial charge is 0.247 e. The van der Waals surface area contributed by atoms with Crippen LogP contribution < -0.4 is 0 Å². The highest BCUT2D eigenvalue weighted by molar-refractivity contribution is 9.10. The summed E-state index contributed by atoms with van der Waals surface area (Å²) in [5.74, 6) is 0. The highest BCUT2D eigenvalue weighted by Gasteiger charge is 2.14. The van der Waals surface area contributed by atoms with Crippen molar-refractivity contribution in [2.24, 2.45) is 0 Å². The Bertz CT molecular complexity index is 419. The summed E-state index contributed by atoms with van der Waals surface area (Å²) < 4.78 is 23.0. The molecule has 1 rings (SSSR count). The third-order valence-corrected chi connectivity index (χ3v) is 3.49. The van der Waals surface area contributed by atoms with Crippen molar-refractivity contribution in [1.29, 1.82) is 0 Å². The van der Waals surface area contributed by atoms with Crippen molar-refractivity contribution in [3.8, 4) is 0 Å². The van der Waals surface area contributed by atoms with Gasteiger partial charge in [-0.25, -0.2) is 18.4 Å². The number of halogens is 1. The van der Waals surface area contributed by atoms with E-state index in [0.29, 0.717) is 11.4 Å². The van der Waals surface area contributed by atoms with Gasteiger partial charge in [-0.3, -0.25) is 0 Å². The van der Waals surface area contributed by atoms with Gasteiger partial charge >= 0.3 is 0 Å². The Morgan fingerprint density at radius 3 is 1.85 bits per heavy atom. The van der Waals surface area contributed by atoms with Crippen LogP contribution in [0.2, 0.25) is 0 Å². The van der Waals surface area contributed by atoms with Gasteiger partial charge in [0.05, 0.1) is 15.9 Å². The Kier molecular flexibility index (Phi) is 2.72. The summed E-state index contributed by atoms with van der Waals surface area (Å²) in [5, 5.41) is -0.120. The number of aryl methyl sites for hydroxylation is 2. The number of sulfone groups is 1. The fraction of sp³-hybridized carbons (Fsp3) is 0.429. The Morgan fingerprint density at radius 1 is 1.15 bits per heavy atom. The minimum Gasteiger partial charge on any atom is -0.222 e. The average Bonchev–Trinajstić information content (AvgIpc) is 1.97. The second-order valence-corrected chi connectivity index (χ2v) is 5.47. The molecule has 0 amide bonds. The highest BCUT2D eigenvalue weighted by Crippen LogP contribution is 2.18. The molecule has 0 spiro atoms. The molecule has 0 bridgehead atoms. The first-order valence-corrected chi connectivity index (χ1v) is 6.21. The van der Waals surface area contributed by atoms with Crippen LogP contribution in [0.25, 0.3) is 0 Å². The van der Waals surface area contributed by atoms with Gasteiger partial charge in [0.2, 0.25) is 15.0 Å². The topological polar surface area (TPSA) is 59.9 Å². The summed E-state index contributed by atoms with van der Waals surface area (Å²) in [6.45, 7) is 3.46. The van der Waals surface area contributed by atoms with Crippen LogP contribution in [0.5, 0.6) is 0 Å². The first-order chi connectivity index (χ1) is 5.82. The molecule has 0 aromatic carbocycles.